The second-order valence-electron chi connectivity index (χ2n) is 12.0. The van der Waals surface area contributed by atoms with Gasteiger partial charge in [0, 0.05) is 11.1 Å². The minimum atomic E-state index is 0.971. The Morgan fingerprint density at radius 1 is 0.188 bits per heavy atom. The summed E-state index contributed by atoms with van der Waals surface area (Å²) in [7, 11) is 0. The summed E-state index contributed by atoms with van der Waals surface area (Å²) in [4.78, 5) is 5.04. The Labute approximate surface area is 282 Å². The molecule has 0 aliphatic heterocycles. The lowest BCUT2D eigenvalue weighted by Crippen LogP contribution is -1.91. The second-order valence-corrected chi connectivity index (χ2v) is 12.0. The van der Waals surface area contributed by atoms with E-state index in [9.17, 15) is 0 Å². The van der Waals surface area contributed by atoms with Gasteiger partial charge in [-0.25, -0.2) is 4.98 Å². The van der Waals surface area contributed by atoms with Gasteiger partial charge in [0.1, 0.15) is 0 Å². The molecule has 226 valence electrons. The largest absolute Gasteiger partial charge is 0.248 e. The van der Waals surface area contributed by atoms with Crippen LogP contribution >= 0.6 is 0 Å². The van der Waals surface area contributed by atoms with Crippen LogP contribution in [-0.4, -0.2) is 4.98 Å². The van der Waals surface area contributed by atoms with E-state index in [-0.39, 0.29) is 0 Å². The summed E-state index contributed by atoms with van der Waals surface area (Å²) in [6.45, 7) is 0. The molecule has 0 saturated heterocycles. The average molecular weight is 612 g/mol. The van der Waals surface area contributed by atoms with Crippen molar-refractivity contribution in [3.63, 3.8) is 0 Å². The highest BCUT2D eigenvalue weighted by atomic mass is 14.7. The quantitative estimate of drug-likeness (QED) is 0.175. The number of hydrogen-bond donors (Lipinski definition) is 0. The summed E-state index contributed by atoms with van der Waals surface area (Å²) in [5, 5.41) is 0. The Morgan fingerprint density at radius 3 is 0.833 bits per heavy atom. The number of pyridine rings is 1. The van der Waals surface area contributed by atoms with Crippen LogP contribution in [0, 0.1) is 0 Å². The van der Waals surface area contributed by atoms with Crippen LogP contribution < -0.4 is 0 Å². The van der Waals surface area contributed by atoms with E-state index in [0.717, 1.165) is 28.1 Å². The lowest BCUT2D eigenvalue weighted by atomic mass is 9.95. The van der Waals surface area contributed by atoms with Crippen molar-refractivity contribution in [1.82, 2.24) is 4.98 Å². The van der Waals surface area contributed by atoms with Crippen molar-refractivity contribution < 1.29 is 0 Å². The Morgan fingerprint density at radius 2 is 0.458 bits per heavy atom. The zero-order valence-electron chi connectivity index (χ0n) is 26.5. The standard InChI is InChI=1S/C47H33N/c1-4-11-34(12-5-1)35-19-21-36(22-20-35)37-23-25-38(26-24-37)43-17-10-18-44(31-43)39-27-29-40(30-28-39)45-32-46(41-13-6-2-7-14-41)48-47(33-45)42-15-8-3-9-16-42/h1-33H. The summed E-state index contributed by atoms with van der Waals surface area (Å²) in [6.07, 6.45) is 0. The molecule has 8 aromatic rings. The number of hydrogen-bond acceptors (Lipinski definition) is 1. The maximum absolute atomic E-state index is 5.04. The molecule has 0 atom stereocenters. The van der Waals surface area contributed by atoms with Gasteiger partial charge in [-0.05, 0) is 73.8 Å². The first-order chi connectivity index (χ1) is 23.8. The lowest BCUT2D eigenvalue weighted by molar-refractivity contribution is 1.32. The highest BCUT2D eigenvalue weighted by Crippen LogP contribution is 2.33. The van der Waals surface area contributed by atoms with Crippen molar-refractivity contribution in [2.24, 2.45) is 0 Å². The second kappa shape index (κ2) is 13.2. The fourth-order valence-corrected chi connectivity index (χ4v) is 6.29. The SMILES string of the molecule is c1ccc(-c2ccc(-c3ccc(-c4cccc(-c5ccc(-c6cc(-c7ccccc7)nc(-c7ccccc7)c6)cc5)c4)cc3)cc2)cc1. The van der Waals surface area contributed by atoms with Crippen LogP contribution in [0.2, 0.25) is 0 Å². The molecule has 1 heterocycles. The smallest absolute Gasteiger partial charge is 0.0715 e. The Bertz CT molecular complexity index is 2210. The maximum atomic E-state index is 5.04. The molecule has 0 unspecified atom stereocenters. The number of aromatic nitrogens is 1. The van der Waals surface area contributed by atoms with Gasteiger partial charge in [0.05, 0.1) is 11.4 Å². The summed E-state index contributed by atoms with van der Waals surface area (Å²) < 4.78 is 0. The highest BCUT2D eigenvalue weighted by molar-refractivity contribution is 5.80. The van der Waals surface area contributed by atoms with E-state index >= 15 is 0 Å². The molecule has 0 N–H and O–H groups in total. The predicted octanol–water partition coefficient (Wildman–Crippen LogP) is 12.8. The zero-order chi connectivity index (χ0) is 32.1. The third-order valence-corrected chi connectivity index (χ3v) is 8.92. The monoisotopic (exact) mass is 611 g/mol. The van der Waals surface area contributed by atoms with Gasteiger partial charge in [0.15, 0.2) is 0 Å². The topological polar surface area (TPSA) is 12.9 Å². The van der Waals surface area contributed by atoms with Gasteiger partial charge in [-0.2, -0.15) is 0 Å². The molecule has 1 nitrogen and oxygen atoms in total. The minimum Gasteiger partial charge on any atom is -0.248 e. The molecule has 1 aromatic heterocycles. The van der Waals surface area contributed by atoms with Crippen LogP contribution in [0.4, 0.5) is 0 Å². The van der Waals surface area contributed by atoms with Crippen molar-refractivity contribution in [3.8, 4) is 78.1 Å². The van der Waals surface area contributed by atoms with E-state index in [1.807, 2.05) is 12.1 Å². The van der Waals surface area contributed by atoms with E-state index in [1.54, 1.807) is 0 Å². The van der Waals surface area contributed by atoms with E-state index in [4.69, 9.17) is 4.98 Å². The third-order valence-electron chi connectivity index (χ3n) is 8.92. The molecular formula is C47H33N. The zero-order valence-corrected chi connectivity index (χ0v) is 26.5. The van der Waals surface area contributed by atoms with Crippen molar-refractivity contribution in [1.29, 1.82) is 0 Å². The van der Waals surface area contributed by atoms with Crippen molar-refractivity contribution >= 4 is 0 Å². The normalized spacial score (nSPS) is 10.9. The van der Waals surface area contributed by atoms with Crippen molar-refractivity contribution in [2.75, 3.05) is 0 Å². The van der Waals surface area contributed by atoms with Gasteiger partial charge in [0.2, 0.25) is 0 Å². The predicted molar refractivity (Wildman–Crippen MR) is 202 cm³/mol. The Balaban J connectivity index is 1.05. The van der Waals surface area contributed by atoms with Gasteiger partial charge < -0.3 is 0 Å². The van der Waals surface area contributed by atoms with Gasteiger partial charge in [-0.1, -0.05) is 182 Å². The summed E-state index contributed by atoms with van der Waals surface area (Å²) >= 11 is 0. The van der Waals surface area contributed by atoms with E-state index < -0.39 is 0 Å². The van der Waals surface area contributed by atoms with Gasteiger partial charge in [-0.3, -0.25) is 0 Å². The van der Waals surface area contributed by atoms with Crippen LogP contribution in [0.3, 0.4) is 0 Å². The molecule has 0 bridgehead atoms. The molecule has 0 spiro atoms. The first-order valence-electron chi connectivity index (χ1n) is 16.4. The van der Waals surface area contributed by atoms with Crippen LogP contribution in [0.15, 0.2) is 200 Å². The molecule has 0 aliphatic carbocycles. The molecule has 0 saturated carbocycles. The van der Waals surface area contributed by atoms with E-state index in [0.29, 0.717) is 0 Å². The fourth-order valence-electron chi connectivity index (χ4n) is 6.29. The molecule has 7 aromatic carbocycles. The molecule has 0 radical (unpaired) electrons. The maximum Gasteiger partial charge on any atom is 0.0715 e. The molecule has 0 fully saturated rings. The molecule has 0 aliphatic rings. The first-order valence-corrected chi connectivity index (χ1v) is 16.4. The molecule has 0 amide bonds. The van der Waals surface area contributed by atoms with Crippen LogP contribution in [-0.2, 0) is 0 Å². The van der Waals surface area contributed by atoms with Crippen molar-refractivity contribution in [3.05, 3.63) is 200 Å². The molecule has 8 rings (SSSR count). The number of rotatable bonds is 7. The van der Waals surface area contributed by atoms with Gasteiger partial charge in [0.25, 0.3) is 0 Å². The average Bonchev–Trinajstić information content (AvgIpc) is 3.19. The highest BCUT2D eigenvalue weighted by Gasteiger charge is 2.10. The van der Waals surface area contributed by atoms with Crippen LogP contribution in [0.1, 0.15) is 0 Å². The van der Waals surface area contributed by atoms with Crippen LogP contribution in [0.25, 0.3) is 78.1 Å². The third kappa shape index (κ3) is 6.23. The summed E-state index contributed by atoms with van der Waals surface area (Å²) in [5.74, 6) is 0. The molecule has 48 heavy (non-hydrogen) atoms. The first kappa shape index (κ1) is 29.1. The lowest BCUT2D eigenvalue weighted by Gasteiger charge is -2.11. The van der Waals surface area contributed by atoms with Crippen molar-refractivity contribution in [2.45, 2.75) is 0 Å². The van der Waals surface area contributed by atoms with E-state index in [1.165, 1.54) is 50.1 Å². The Hall–Kier alpha value is -6.31. The summed E-state index contributed by atoms with van der Waals surface area (Å²) in [5.41, 5.74) is 16.2. The van der Waals surface area contributed by atoms with Crippen LogP contribution in [0.5, 0.6) is 0 Å². The molecular weight excluding hydrogens is 579 g/mol. The number of benzene rings is 7. The minimum absolute atomic E-state index is 0.971. The van der Waals surface area contributed by atoms with Gasteiger partial charge >= 0.3 is 0 Å². The van der Waals surface area contributed by atoms with E-state index in [2.05, 4.69) is 188 Å². The number of nitrogens with zero attached hydrogens (tertiary/aromatic N) is 1. The Kier molecular flexibility index (Phi) is 8.01. The molecule has 1 heteroatoms. The van der Waals surface area contributed by atoms with Gasteiger partial charge in [-0.15, -0.1) is 0 Å². The fraction of sp³-hybridized carbons (Fsp3) is 0. The summed E-state index contributed by atoms with van der Waals surface area (Å²) in [6, 6.07) is 71.1.